The monoisotopic (exact) mass is 465 g/mol. The van der Waals surface area contributed by atoms with E-state index in [0.29, 0.717) is 38.2 Å². The first-order chi connectivity index (χ1) is 15.1. The lowest BCUT2D eigenvalue weighted by Crippen LogP contribution is -2.43. The van der Waals surface area contributed by atoms with Gasteiger partial charge in [0.1, 0.15) is 4.90 Å². The fourth-order valence-electron chi connectivity index (χ4n) is 3.51. The fourth-order valence-corrected chi connectivity index (χ4v) is 5.02. The summed E-state index contributed by atoms with van der Waals surface area (Å²) in [6, 6.07) is 0. The Bertz CT molecular complexity index is 1070. The molecule has 2 aromatic heterocycles. The van der Waals surface area contributed by atoms with Gasteiger partial charge in [-0.2, -0.15) is 14.5 Å². The SMILES string of the molecule is CCn1cc(NC(=O)C2CCCN(S(=O)(=O)c3cnn(C)c3)C2)c(C(=O)NCC(C)C)n1. The summed E-state index contributed by atoms with van der Waals surface area (Å²) in [6.07, 6.45) is 5.49. The Morgan fingerprint density at radius 2 is 2.03 bits per heavy atom. The number of aromatic nitrogens is 4. The lowest BCUT2D eigenvalue weighted by molar-refractivity contribution is -0.120. The molecule has 1 saturated heterocycles. The van der Waals surface area contributed by atoms with Crippen LogP contribution in [-0.2, 0) is 28.4 Å². The Morgan fingerprint density at radius 3 is 2.66 bits per heavy atom. The third kappa shape index (κ3) is 5.36. The third-order valence-corrected chi connectivity index (χ3v) is 7.12. The summed E-state index contributed by atoms with van der Waals surface area (Å²) in [4.78, 5) is 25.7. The smallest absolute Gasteiger partial charge is 0.273 e. The molecule has 3 heterocycles. The molecular formula is C20H31N7O4S. The lowest BCUT2D eigenvalue weighted by atomic mass is 9.99. The van der Waals surface area contributed by atoms with Gasteiger partial charge in [0, 0.05) is 45.6 Å². The molecule has 32 heavy (non-hydrogen) atoms. The number of nitrogens with zero attached hydrogens (tertiary/aromatic N) is 5. The van der Waals surface area contributed by atoms with Gasteiger partial charge in [0.05, 0.1) is 17.8 Å². The minimum atomic E-state index is -3.73. The van der Waals surface area contributed by atoms with E-state index in [-0.39, 0.29) is 34.9 Å². The number of carbonyl (C=O) groups excluding carboxylic acids is 2. The molecule has 11 nitrogen and oxygen atoms in total. The molecule has 1 fully saturated rings. The summed E-state index contributed by atoms with van der Waals surface area (Å²) in [5.41, 5.74) is 0.474. The van der Waals surface area contributed by atoms with Gasteiger partial charge in [-0.05, 0) is 25.7 Å². The van der Waals surface area contributed by atoms with Crippen LogP contribution < -0.4 is 10.6 Å². The van der Waals surface area contributed by atoms with Crippen molar-refractivity contribution in [3.63, 3.8) is 0 Å². The minimum Gasteiger partial charge on any atom is -0.350 e. The molecule has 2 aromatic rings. The van der Waals surface area contributed by atoms with Gasteiger partial charge in [0.2, 0.25) is 15.9 Å². The third-order valence-electron chi connectivity index (χ3n) is 5.30. The Morgan fingerprint density at radius 1 is 1.28 bits per heavy atom. The number of amides is 2. The summed E-state index contributed by atoms with van der Waals surface area (Å²) < 4.78 is 30.2. The highest BCUT2D eigenvalue weighted by Crippen LogP contribution is 2.25. The van der Waals surface area contributed by atoms with Crippen LogP contribution in [0, 0.1) is 11.8 Å². The number of hydrogen-bond donors (Lipinski definition) is 2. The lowest BCUT2D eigenvalue weighted by Gasteiger charge is -2.30. The summed E-state index contributed by atoms with van der Waals surface area (Å²) in [5.74, 6) is -0.942. The van der Waals surface area contributed by atoms with E-state index in [9.17, 15) is 18.0 Å². The first kappa shape index (κ1) is 23.9. The number of rotatable bonds is 8. The zero-order valence-electron chi connectivity index (χ0n) is 18.9. The first-order valence-corrected chi connectivity index (χ1v) is 12.2. The van der Waals surface area contributed by atoms with Crippen molar-refractivity contribution in [2.24, 2.45) is 18.9 Å². The molecule has 0 bridgehead atoms. The number of piperidine rings is 1. The second-order valence-corrected chi connectivity index (χ2v) is 10.3. The number of anilines is 1. The van der Waals surface area contributed by atoms with Gasteiger partial charge >= 0.3 is 0 Å². The number of hydrogen-bond acceptors (Lipinski definition) is 6. The van der Waals surface area contributed by atoms with Crippen LogP contribution in [0.1, 0.15) is 44.1 Å². The van der Waals surface area contributed by atoms with Crippen molar-refractivity contribution in [2.75, 3.05) is 25.0 Å². The molecule has 0 aliphatic carbocycles. The van der Waals surface area contributed by atoms with Gasteiger partial charge in [0.15, 0.2) is 5.69 Å². The van der Waals surface area contributed by atoms with Gasteiger partial charge in [-0.25, -0.2) is 8.42 Å². The maximum Gasteiger partial charge on any atom is 0.273 e. The molecule has 176 valence electrons. The molecule has 3 rings (SSSR count). The van der Waals surface area contributed by atoms with Crippen molar-refractivity contribution in [1.82, 2.24) is 29.2 Å². The quantitative estimate of drug-likeness (QED) is 0.599. The largest absolute Gasteiger partial charge is 0.350 e. The standard InChI is InChI=1S/C20H31N7O4S/c1-5-26-13-17(18(24-26)20(29)21-9-14(2)3)23-19(28)15-7-6-8-27(11-15)32(30,31)16-10-22-25(4)12-16/h10,12-15H,5-9,11H2,1-4H3,(H,21,29)(H,23,28). The summed E-state index contributed by atoms with van der Waals surface area (Å²) in [6.45, 7) is 7.31. The predicted molar refractivity (Wildman–Crippen MR) is 118 cm³/mol. The van der Waals surface area contributed by atoms with Crippen molar-refractivity contribution in [3.05, 3.63) is 24.3 Å². The Balaban J connectivity index is 1.73. The van der Waals surface area contributed by atoms with Crippen molar-refractivity contribution in [2.45, 2.75) is 45.1 Å². The molecule has 0 radical (unpaired) electrons. The fraction of sp³-hybridized carbons (Fsp3) is 0.600. The number of aryl methyl sites for hydroxylation is 2. The van der Waals surface area contributed by atoms with Crippen molar-refractivity contribution < 1.29 is 18.0 Å². The molecule has 1 atom stereocenters. The molecule has 0 spiro atoms. The van der Waals surface area contributed by atoms with Crippen LogP contribution in [0.4, 0.5) is 5.69 Å². The van der Waals surface area contributed by atoms with Crippen LogP contribution in [0.3, 0.4) is 0 Å². The van der Waals surface area contributed by atoms with Gasteiger partial charge < -0.3 is 10.6 Å². The maximum absolute atomic E-state index is 13.0. The van der Waals surface area contributed by atoms with E-state index in [4.69, 9.17) is 0 Å². The molecule has 0 aromatic carbocycles. The van der Waals surface area contributed by atoms with Gasteiger partial charge in [0.25, 0.3) is 5.91 Å². The minimum absolute atomic E-state index is 0.0693. The second-order valence-electron chi connectivity index (χ2n) is 8.39. The van der Waals surface area contributed by atoms with Crippen LogP contribution in [-0.4, -0.2) is 63.7 Å². The highest BCUT2D eigenvalue weighted by atomic mass is 32.2. The first-order valence-electron chi connectivity index (χ1n) is 10.8. The highest BCUT2D eigenvalue weighted by molar-refractivity contribution is 7.89. The summed E-state index contributed by atoms with van der Waals surface area (Å²) in [5, 5.41) is 13.8. The number of nitrogens with one attached hydrogen (secondary N) is 2. The van der Waals surface area contributed by atoms with Gasteiger partial charge in [-0.1, -0.05) is 13.8 Å². The van der Waals surface area contributed by atoms with Crippen molar-refractivity contribution in [1.29, 1.82) is 0 Å². The summed E-state index contributed by atoms with van der Waals surface area (Å²) >= 11 is 0. The van der Waals surface area contributed by atoms with Gasteiger partial charge in [-0.3, -0.25) is 19.0 Å². The average molecular weight is 466 g/mol. The van der Waals surface area contributed by atoms with E-state index in [2.05, 4.69) is 20.8 Å². The molecule has 1 aliphatic rings. The molecular weight excluding hydrogens is 434 g/mol. The Labute approximate surface area is 188 Å². The zero-order chi connectivity index (χ0) is 23.5. The maximum atomic E-state index is 13.0. The summed E-state index contributed by atoms with van der Waals surface area (Å²) in [7, 11) is -2.08. The predicted octanol–water partition coefficient (Wildman–Crippen LogP) is 1.06. The second kappa shape index (κ2) is 9.82. The normalized spacial score (nSPS) is 17.5. The molecule has 1 unspecified atom stereocenters. The van der Waals surface area contributed by atoms with Gasteiger partial charge in [-0.15, -0.1) is 0 Å². The Kier molecular flexibility index (Phi) is 7.34. The van der Waals surface area contributed by atoms with Crippen LogP contribution in [0.2, 0.25) is 0 Å². The van der Waals surface area contributed by atoms with E-state index in [1.54, 1.807) is 17.9 Å². The molecule has 0 saturated carbocycles. The van der Waals surface area contributed by atoms with E-state index >= 15 is 0 Å². The Hall–Kier alpha value is -2.73. The van der Waals surface area contributed by atoms with E-state index < -0.39 is 15.9 Å². The highest BCUT2D eigenvalue weighted by Gasteiger charge is 2.34. The molecule has 1 aliphatic heterocycles. The van der Waals surface area contributed by atoms with Crippen LogP contribution in [0.15, 0.2) is 23.5 Å². The van der Waals surface area contributed by atoms with Crippen LogP contribution >= 0.6 is 0 Å². The topological polar surface area (TPSA) is 131 Å². The van der Waals surface area contributed by atoms with Crippen molar-refractivity contribution in [3.8, 4) is 0 Å². The van der Waals surface area contributed by atoms with Crippen LogP contribution in [0.5, 0.6) is 0 Å². The van der Waals surface area contributed by atoms with E-state index in [1.165, 1.54) is 21.4 Å². The van der Waals surface area contributed by atoms with E-state index in [0.717, 1.165) is 0 Å². The molecule has 12 heteroatoms. The van der Waals surface area contributed by atoms with Crippen LogP contribution in [0.25, 0.3) is 0 Å². The van der Waals surface area contributed by atoms with Crippen molar-refractivity contribution >= 4 is 27.5 Å². The molecule has 2 amide bonds. The zero-order valence-corrected chi connectivity index (χ0v) is 19.7. The van der Waals surface area contributed by atoms with E-state index in [1.807, 2.05) is 20.8 Å². The molecule has 2 N–H and O–H groups in total. The average Bonchev–Trinajstić information content (AvgIpc) is 3.38. The number of sulfonamides is 1. The number of carbonyl (C=O) groups is 2.